The van der Waals surface area contributed by atoms with Gasteiger partial charge in [-0.05, 0) is 50.6 Å². The van der Waals surface area contributed by atoms with Gasteiger partial charge in [-0.1, -0.05) is 22.9 Å². The molecule has 0 atom stereocenters. The van der Waals surface area contributed by atoms with Gasteiger partial charge in [-0.2, -0.15) is 5.26 Å². The van der Waals surface area contributed by atoms with Crippen LogP contribution < -0.4 is 14.9 Å². The Morgan fingerprint density at radius 1 is 1.24 bits per heavy atom. The number of imidazole rings is 1. The van der Waals surface area contributed by atoms with E-state index in [1.807, 2.05) is 0 Å². The number of fused-ring (bicyclic) bond motifs is 1. The van der Waals surface area contributed by atoms with Crippen molar-refractivity contribution in [3.05, 3.63) is 22.4 Å². The molecule has 4 heterocycles. The zero-order valence-electron chi connectivity index (χ0n) is 19.1. The molecule has 3 aliphatic rings. The van der Waals surface area contributed by atoms with Crippen molar-refractivity contribution in [3.8, 4) is 16.9 Å². The van der Waals surface area contributed by atoms with Gasteiger partial charge in [-0.25, -0.2) is 4.98 Å². The van der Waals surface area contributed by atoms with Gasteiger partial charge in [-0.3, -0.25) is 13.5 Å². The normalized spacial score (nSPS) is 19.9. The second kappa shape index (κ2) is 9.24. The summed E-state index contributed by atoms with van der Waals surface area (Å²) in [6.07, 6.45) is 6.17. The maximum absolute atomic E-state index is 9.54. The number of anilines is 1. The first-order valence-electron chi connectivity index (χ1n) is 11.3. The molecule has 180 valence electrons. The van der Waals surface area contributed by atoms with Crippen LogP contribution in [0.1, 0.15) is 37.6 Å². The second-order valence-corrected chi connectivity index (χ2v) is 11.3. The molecule has 0 spiro atoms. The highest BCUT2D eigenvalue weighted by molar-refractivity contribution is 7.97. The quantitative estimate of drug-likeness (QED) is 0.467. The maximum atomic E-state index is 9.54. The summed E-state index contributed by atoms with van der Waals surface area (Å²) in [5.74, 6) is 0.680. The van der Waals surface area contributed by atoms with Gasteiger partial charge >= 0.3 is 0 Å². The van der Waals surface area contributed by atoms with Crippen LogP contribution in [-0.4, -0.2) is 58.5 Å². The summed E-state index contributed by atoms with van der Waals surface area (Å²) in [6, 6.07) is 4.61. The van der Waals surface area contributed by atoms with E-state index in [9.17, 15) is 9.65 Å². The molecule has 2 aliphatic carbocycles. The molecule has 2 saturated carbocycles. The summed E-state index contributed by atoms with van der Waals surface area (Å²) >= 11 is 9.82. The van der Waals surface area contributed by atoms with Crippen molar-refractivity contribution in [2.75, 3.05) is 38.3 Å². The molecular formula is C22H26ClFN8S2. The van der Waals surface area contributed by atoms with E-state index >= 15 is 0 Å². The summed E-state index contributed by atoms with van der Waals surface area (Å²) in [7, 11) is 0.500. The average Bonchev–Trinajstić information content (AvgIpc) is 3.75. The highest BCUT2D eigenvalue weighted by Crippen LogP contribution is 2.49. The second-order valence-electron chi connectivity index (χ2n) is 9.11. The molecule has 34 heavy (non-hydrogen) atoms. The topological polar surface area (TPSA) is 94.2 Å². The third kappa shape index (κ3) is 4.38. The van der Waals surface area contributed by atoms with Crippen molar-refractivity contribution in [1.29, 1.82) is 5.26 Å². The van der Waals surface area contributed by atoms with Gasteiger partial charge in [0.15, 0.2) is 16.0 Å². The molecule has 3 fully saturated rings. The van der Waals surface area contributed by atoms with Gasteiger partial charge in [-0.15, -0.1) is 10.2 Å². The Morgan fingerprint density at radius 2 is 1.97 bits per heavy atom. The van der Waals surface area contributed by atoms with Crippen LogP contribution in [0, 0.1) is 11.3 Å². The summed E-state index contributed by atoms with van der Waals surface area (Å²) in [6.45, 7) is 5.96. The molecule has 6 rings (SSSR count). The molecule has 3 aromatic rings. The lowest BCUT2D eigenvalue weighted by Gasteiger charge is -2.30. The fraction of sp³-hybridized carbons (Fsp3) is 0.545. The number of nitrogens with zero attached hydrogens (tertiary/aromatic N) is 6. The van der Waals surface area contributed by atoms with Crippen molar-refractivity contribution in [1.82, 2.24) is 29.6 Å². The van der Waals surface area contributed by atoms with Crippen LogP contribution in [0.5, 0.6) is 0 Å². The van der Waals surface area contributed by atoms with Gasteiger partial charge in [0.05, 0.1) is 18.9 Å². The number of nitrogens with one attached hydrogen (secondary N) is 2. The SMILES string of the molecule is CC1(NSc2cc(N3CCNCC3)c3c(Cl)nc(-c4nnc(C5(C#N)CC5)s4)n3c2)CC1.CF. The summed E-state index contributed by atoms with van der Waals surface area (Å²) in [5, 5.41) is 23.6. The van der Waals surface area contributed by atoms with E-state index < -0.39 is 5.41 Å². The molecule has 12 heteroatoms. The maximum Gasteiger partial charge on any atom is 0.184 e. The van der Waals surface area contributed by atoms with Crippen LogP contribution in [-0.2, 0) is 5.41 Å². The molecule has 0 amide bonds. The molecule has 1 saturated heterocycles. The molecule has 0 aromatic carbocycles. The fourth-order valence-corrected chi connectivity index (χ4v) is 6.15. The fourth-order valence-electron chi connectivity index (χ4n) is 3.96. The number of aromatic nitrogens is 4. The van der Waals surface area contributed by atoms with Crippen LogP contribution in [0.15, 0.2) is 17.2 Å². The number of halogens is 2. The summed E-state index contributed by atoms with van der Waals surface area (Å²) in [5.41, 5.74) is 1.74. The van der Waals surface area contributed by atoms with Crippen LogP contribution in [0.25, 0.3) is 16.3 Å². The number of hydrogen-bond donors (Lipinski definition) is 2. The molecule has 0 radical (unpaired) electrons. The third-order valence-corrected chi connectivity index (χ3v) is 8.95. The number of rotatable bonds is 6. The Bertz CT molecular complexity index is 1240. The minimum absolute atomic E-state index is 0.217. The number of hydrogen-bond acceptors (Lipinski definition) is 9. The van der Waals surface area contributed by atoms with E-state index in [0.717, 1.165) is 60.1 Å². The zero-order chi connectivity index (χ0) is 23.9. The van der Waals surface area contributed by atoms with E-state index in [-0.39, 0.29) is 5.54 Å². The van der Waals surface area contributed by atoms with Gasteiger partial charge in [0, 0.05) is 42.8 Å². The number of alkyl halides is 1. The summed E-state index contributed by atoms with van der Waals surface area (Å²) in [4.78, 5) is 8.17. The van der Waals surface area contributed by atoms with E-state index in [1.165, 1.54) is 24.2 Å². The lowest BCUT2D eigenvalue weighted by atomic mass is 10.1. The Balaban J connectivity index is 0.00000117. The molecule has 2 N–H and O–H groups in total. The first-order chi connectivity index (χ1) is 16.5. The zero-order valence-corrected chi connectivity index (χ0v) is 21.5. The molecular weight excluding hydrogens is 495 g/mol. The number of pyridine rings is 1. The standard InChI is InChI=1S/C21H23ClN8S2.CH3F/c1-20(2-3-20)28-32-13-10-14(29-8-6-24-7-9-29)15-16(22)25-17(30(15)11-13)18-26-27-19(31-18)21(12-23)4-5-21;1-2/h10-11,24,28H,2-9H2,1H3;1H3. The third-order valence-electron chi connectivity index (χ3n) is 6.51. The molecule has 8 nitrogen and oxygen atoms in total. The van der Waals surface area contributed by atoms with E-state index in [4.69, 9.17) is 16.6 Å². The van der Waals surface area contributed by atoms with Crippen LogP contribution in [0.4, 0.5) is 10.1 Å². The van der Waals surface area contributed by atoms with Gasteiger partial charge in [0.25, 0.3) is 0 Å². The minimum atomic E-state index is -0.455. The average molecular weight is 521 g/mol. The predicted octanol–water partition coefficient (Wildman–Crippen LogP) is 4.21. The van der Waals surface area contributed by atoms with Crippen molar-refractivity contribution in [3.63, 3.8) is 0 Å². The van der Waals surface area contributed by atoms with Crippen molar-refractivity contribution >= 4 is 46.1 Å². The van der Waals surface area contributed by atoms with E-state index in [1.54, 1.807) is 11.9 Å². The Kier molecular flexibility index (Phi) is 6.46. The van der Waals surface area contributed by atoms with Gasteiger partial charge < -0.3 is 10.2 Å². The van der Waals surface area contributed by atoms with Crippen LogP contribution in [0.2, 0.25) is 5.15 Å². The highest BCUT2D eigenvalue weighted by atomic mass is 35.5. The minimum Gasteiger partial charge on any atom is -0.367 e. The molecule has 0 bridgehead atoms. The van der Waals surface area contributed by atoms with E-state index in [2.05, 4.69) is 54.8 Å². The molecule has 1 aliphatic heterocycles. The molecule has 0 unspecified atom stereocenters. The van der Waals surface area contributed by atoms with Crippen molar-refractivity contribution in [2.45, 2.75) is 48.5 Å². The Morgan fingerprint density at radius 3 is 2.62 bits per heavy atom. The predicted molar refractivity (Wildman–Crippen MR) is 134 cm³/mol. The molecule has 3 aromatic heterocycles. The number of nitriles is 1. The first-order valence-corrected chi connectivity index (χ1v) is 13.3. The Labute approximate surface area is 211 Å². The van der Waals surface area contributed by atoms with Crippen LogP contribution in [0.3, 0.4) is 0 Å². The highest BCUT2D eigenvalue weighted by Gasteiger charge is 2.48. The van der Waals surface area contributed by atoms with Crippen molar-refractivity contribution in [2.24, 2.45) is 0 Å². The van der Waals surface area contributed by atoms with Gasteiger partial charge in [0.2, 0.25) is 0 Å². The van der Waals surface area contributed by atoms with E-state index in [0.29, 0.717) is 23.2 Å². The summed E-state index contributed by atoms with van der Waals surface area (Å²) < 4.78 is 15.2. The Hall–Kier alpha value is -1.97. The van der Waals surface area contributed by atoms with Crippen LogP contribution >= 0.6 is 34.9 Å². The smallest absolute Gasteiger partial charge is 0.184 e. The lowest BCUT2D eigenvalue weighted by Crippen LogP contribution is -2.43. The monoisotopic (exact) mass is 520 g/mol. The van der Waals surface area contributed by atoms with Crippen molar-refractivity contribution < 1.29 is 4.39 Å². The van der Waals surface area contributed by atoms with Gasteiger partial charge in [0.1, 0.15) is 15.9 Å². The largest absolute Gasteiger partial charge is 0.367 e. The lowest BCUT2D eigenvalue weighted by molar-refractivity contribution is 0.589. The first kappa shape index (κ1) is 23.8. The number of piperazine rings is 1.